The minimum Gasteiger partial charge on any atom is -0.399 e. The molecule has 0 spiro atoms. The second-order valence-corrected chi connectivity index (χ2v) is 5.48. The molecule has 3 aromatic rings. The number of carbonyl (C=O) groups excluding carboxylic acids is 1. The lowest BCUT2D eigenvalue weighted by atomic mass is 10.1. The van der Waals surface area contributed by atoms with Crippen molar-refractivity contribution < 1.29 is 4.79 Å². The van der Waals surface area contributed by atoms with Crippen LogP contribution >= 0.6 is 0 Å². The van der Waals surface area contributed by atoms with E-state index in [-0.39, 0.29) is 5.91 Å². The highest BCUT2D eigenvalue weighted by atomic mass is 16.2. The number of aromatic nitrogens is 1. The van der Waals surface area contributed by atoms with E-state index in [1.807, 2.05) is 48.5 Å². The van der Waals surface area contributed by atoms with Gasteiger partial charge in [-0.1, -0.05) is 30.3 Å². The van der Waals surface area contributed by atoms with Crippen LogP contribution in [0.15, 0.2) is 54.6 Å². The topological polar surface area (TPSA) is 59.2 Å². The molecule has 0 bridgehead atoms. The lowest BCUT2D eigenvalue weighted by Gasteiger charge is -2.17. The fourth-order valence-electron chi connectivity index (χ4n) is 2.93. The number of benzene rings is 2. The Labute approximate surface area is 128 Å². The number of rotatable bonds is 1. The maximum absolute atomic E-state index is 12.8. The van der Waals surface area contributed by atoms with Gasteiger partial charge in [-0.25, -0.2) is 4.98 Å². The summed E-state index contributed by atoms with van der Waals surface area (Å²) in [7, 11) is 0. The fraction of sp³-hybridized carbons (Fsp3) is 0.111. The van der Waals surface area contributed by atoms with Crippen LogP contribution in [0.3, 0.4) is 0 Å². The Kier molecular flexibility index (Phi) is 2.82. The van der Waals surface area contributed by atoms with Crippen LogP contribution in [0.4, 0.5) is 11.4 Å². The molecule has 0 radical (unpaired) electrons. The Morgan fingerprint density at radius 1 is 1.09 bits per heavy atom. The highest BCUT2D eigenvalue weighted by Gasteiger charge is 2.26. The van der Waals surface area contributed by atoms with Gasteiger partial charge < -0.3 is 10.6 Å². The van der Waals surface area contributed by atoms with E-state index in [1.54, 1.807) is 11.0 Å². The van der Waals surface area contributed by atoms with Gasteiger partial charge in [0, 0.05) is 23.3 Å². The maximum atomic E-state index is 12.8. The third kappa shape index (κ3) is 2.00. The number of amides is 1. The van der Waals surface area contributed by atoms with E-state index in [0.29, 0.717) is 17.9 Å². The number of fused-ring (bicyclic) bond motifs is 2. The van der Waals surface area contributed by atoms with Crippen molar-refractivity contribution >= 4 is 28.2 Å². The standard InChI is InChI=1S/C18H15N3O/c19-14-7-5-13-9-10-21(17(13)11-14)18(22)16-8-6-12-3-1-2-4-15(12)20-16/h1-8,11H,9-10,19H2. The molecule has 1 aliphatic heterocycles. The molecule has 0 saturated heterocycles. The monoisotopic (exact) mass is 289 g/mol. The molecular weight excluding hydrogens is 274 g/mol. The second-order valence-electron chi connectivity index (χ2n) is 5.48. The normalized spacial score (nSPS) is 13.4. The first kappa shape index (κ1) is 12.8. The van der Waals surface area contributed by atoms with E-state index in [4.69, 9.17) is 5.73 Å². The van der Waals surface area contributed by atoms with E-state index < -0.39 is 0 Å². The predicted molar refractivity (Wildman–Crippen MR) is 88.0 cm³/mol. The van der Waals surface area contributed by atoms with Crippen molar-refractivity contribution in [3.63, 3.8) is 0 Å². The number of pyridine rings is 1. The summed E-state index contributed by atoms with van der Waals surface area (Å²) in [4.78, 5) is 19.0. The molecule has 1 aliphatic rings. The van der Waals surface area contributed by atoms with Crippen LogP contribution in [-0.4, -0.2) is 17.4 Å². The number of hydrogen-bond acceptors (Lipinski definition) is 3. The van der Waals surface area contributed by atoms with E-state index in [0.717, 1.165) is 28.6 Å². The van der Waals surface area contributed by atoms with Crippen LogP contribution < -0.4 is 10.6 Å². The molecule has 4 nitrogen and oxygen atoms in total. The Hall–Kier alpha value is -2.88. The first-order valence-corrected chi connectivity index (χ1v) is 7.28. The van der Waals surface area contributed by atoms with Crippen LogP contribution in [0.5, 0.6) is 0 Å². The molecule has 0 fully saturated rings. The Balaban J connectivity index is 1.74. The number of hydrogen-bond donors (Lipinski definition) is 1. The quantitative estimate of drug-likeness (QED) is 0.700. The summed E-state index contributed by atoms with van der Waals surface area (Å²) in [6.07, 6.45) is 0.856. The molecule has 0 atom stereocenters. The van der Waals surface area contributed by atoms with Crippen molar-refractivity contribution in [2.24, 2.45) is 0 Å². The van der Waals surface area contributed by atoms with Crippen LogP contribution in [0.25, 0.3) is 10.9 Å². The lowest BCUT2D eigenvalue weighted by Crippen LogP contribution is -2.29. The van der Waals surface area contributed by atoms with Crippen LogP contribution in [0.2, 0.25) is 0 Å². The minimum atomic E-state index is -0.0740. The van der Waals surface area contributed by atoms with Crippen molar-refractivity contribution in [2.45, 2.75) is 6.42 Å². The first-order chi connectivity index (χ1) is 10.7. The van der Waals surface area contributed by atoms with Gasteiger partial charge in [-0.2, -0.15) is 0 Å². The highest BCUT2D eigenvalue weighted by Crippen LogP contribution is 2.31. The SMILES string of the molecule is Nc1ccc2c(c1)N(C(=O)c1ccc3ccccc3n1)CC2. The summed E-state index contributed by atoms with van der Waals surface area (Å²) < 4.78 is 0. The van der Waals surface area contributed by atoms with E-state index in [9.17, 15) is 4.79 Å². The first-order valence-electron chi connectivity index (χ1n) is 7.28. The van der Waals surface area contributed by atoms with Gasteiger partial charge in [-0.05, 0) is 36.2 Å². The average Bonchev–Trinajstić information content (AvgIpc) is 2.96. The molecule has 108 valence electrons. The van der Waals surface area contributed by atoms with Crippen LogP contribution in [-0.2, 0) is 6.42 Å². The molecule has 2 aromatic carbocycles. The van der Waals surface area contributed by atoms with Crippen molar-refractivity contribution in [1.29, 1.82) is 0 Å². The summed E-state index contributed by atoms with van der Waals surface area (Å²) >= 11 is 0. The number of anilines is 2. The smallest absolute Gasteiger partial charge is 0.276 e. The number of nitrogen functional groups attached to an aromatic ring is 1. The molecule has 1 aromatic heterocycles. The third-order valence-electron chi connectivity index (χ3n) is 4.07. The molecule has 22 heavy (non-hydrogen) atoms. The summed E-state index contributed by atoms with van der Waals surface area (Å²) in [5, 5.41) is 1.03. The summed E-state index contributed by atoms with van der Waals surface area (Å²) in [5.74, 6) is -0.0740. The Morgan fingerprint density at radius 2 is 1.95 bits per heavy atom. The number of nitrogens with two attached hydrogens (primary N) is 1. The van der Waals surface area contributed by atoms with Crippen LogP contribution in [0.1, 0.15) is 16.1 Å². The van der Waals surface area contributed by atoms with Crippen LogP contribution in [0, 0.1) is 0 Å². The van der Waals surface area contributed by atoms with Gasteiger partial charge in [0.15, 0.2) is 0 Å². The minimum absolute atomic E-state index is 0.0740. The molecule has 4 heteroatoms. The van der Waals surface area contributed by atoms with Crippen molar-refractivity contribution in [3.05, 3.63) is 65.9 Å². The number of carbonyl (C=O) groups is 1. The summed E-state index contributed by atoms with van der Waals surface area (Å²) in [6, 6.07) is 17.2. The largest absolute Gasteiger partial charge is 0.399 e. The van der Waals surface area contributed by atoms with Gasteiger partial charge in [-0.3, -0.25) is 4.79 Å². The van der Waals surface area contributed by atoms with Gasteiger partial charge >= 0.3 is 0 Å². The Morgan fingerprint density at radius 3 is 2.86 bits per heavy atom. The Bertz CT molecular complexity index is 888. The molecule has 0 saturated carbocycles. The maximum Gasteiger partial charge on any atom is 0.276 e. The highest BCUT2D eigenvalue weighted by molar-refractivity contribution is 6.07. The molecule has 0 unspecified atom stereocenters. The summed E-state index contributed by atoms with van der Waals surface area (Å²) in [5.41, 5.74) is 9.88. The predicted octanol–water partition coefficient (Wildman–Crippen LogP) is 3.02. The molecule has 2 heterocycles. The summed E-state index contributed by atoms with van der Waals surface area (Å²) in [6.45, 7) is 0.673. The molecule has 2 N–H and O–H groups in total. The van der Waals surface area contributed by atoms with Gasteiger partial charge in [0.1, 0.15) is 5.69 Å². The van der Waals surface area contributed by atoms with E-state index in [2.05, 4.69) is 4.98 Å². The molecule has 1 amide bonds. The van der Waals surface area contributed by atoms with Gasteiger partial charge in [0.25, 0.3) is 5.91 Å². The number of nitrogens with zero attached hydrogens (tertiary/aromatic N) is 2. The molecule has 4 rings (SSSR count). The zero-order chi connectivity index (χ0) is 15.1. The van der Waals surface area contributed by atoms with Crippen molar-refractivity contribution in [1.82, 2.24) is 4.98 Å². The third-order valence-corrected chi connectivity index (χ3v) is 4.07. The zero-order valence-electron chi connectivity index (χ0n) is 12.0. The van der Waals surface area contributed by atoms with Gasteiger partial charge in [0.05, 0.1) is 5.52 Å². The second kappa shape index (κ2) is 4.84. The molecular formula is C18H15N3O. The van der Waals surface area contributed by atoms with E-state index >= 15 is 0 Å². The van der Waals surface area contributed by atoms with Crippen molar-refractivity contribution in [3.8, 4) is 0 Å². The average molecular weight is 289 g/mol. The van der Waals surface area contributed by atoms with Crippen molar-refractivity contribution in [2.75, 3.05) is 17.2 Å². The van der Waals surface area contributed by atoms with Gasteiger partial charge in [0.2, 0.25) is 0 Å². The lowest BCUT2D eigenvalue weighted by molar-refractivity contribution is 0.0985. The van der Waals surface area contributed by atoms with Gasteiger partial charge in [-0.15, -0.1) is 0 Å². The van der Waals surface area contributed by atoms with E-state index in [1.165, 1.54) is 0 Å². The zero-order valence-corrected chi connectivity index (χ0v) is 12.0. The number of para-hydroxylation sites is 1. The fourth-order valence-corrected chi connectivity index (χ4v) is 2.93. The molecule has 0 aliphatic carbocycles.